The van der Waals surface area contributed by atoms with Crippen LogP contribution in [0.4, 0.5) is 5.69 Å². The first kappa shape index (κ1) is 12.4. The summed E-state index contributed by atoms with van der Waals surface area (Å²) in [5.74, 6) is 0. The van der Waals surface area contributed by atoms with E-state index in [1.54, 1.807) is 0 Å². The van der Waals surface area contributed by atoms with Crippen LogP contribution in [0.1, 0.15) is 36.0 Å². The van der Waals surface area contributed by atoms with Gasteiger partial charge in [-0.2, -0.15) is 0 Å². The van der Waals surface area contributed by atoms with E-state index < -0.39 is 0 Å². The van der Waals surface area contributed by atoms with Gasteiger partial charge in [0.15, 0.2) is 0 Å². The van der Waals surface area contributed by atoms with E-state index in [-0.39, 0.29) is 0 Å². The maximum atomic E-state index is 3.57. The maximum Gasteiger partial charge on any atom is 0.0372 e. The minimum absolute atomic E-state index is 0.731. The van der Waals surface area contributed by atoms with Gasteiger partial charge in [-0.25, -0.2) is 0 Å². The maximum absolute atomic E-state index is 3.57. The van der Waals surface area contributed by atoms with E-state index >= 15 is 0 Å². The lowest BCUT2D eigenvalue weighted by atomic mass is 10.0. The van der Waals surface area contributed by atoms with Crippen LogP contribution in [0, 0.1) is 20.8 Å². The van der Waals surface area contributed by atoms with Gasteiger partial charge >= 0.3 is 0 Å². The Labute approximate surface area is 105 Å². The van der Waals surface area contributed by atoms with Crippen molar-refractivity contribution in [1.82, 2.24) is 5.32 Å². The van der Waals surface area contributed by atoms with Gasteiger partial charge in [-0.1, -0.05) is 6.07 Å². The first-order valence-electron chi connectivity index (χ1n) is 6.72. The molecular formula is C15H24N2. The standard InChI is InChI=1S/C15H24N2/c1-11-9-13(3)15(10-12(11)2)17-8-6-14-5-4-7-16-14/h9-10,14,16-17H,4-8H2,1-3H3. The largest absolute Gasteiger partial charge is 0.385 e. The lowest BCUT2D eigenvalue weighted by Gasteiger charge is -2.14. The summed E-state index contributed by atoms with van der Waals surface area (Å²) in [5.41, 5.74) is 5.40. The Bertz CT molecular complexity index is 379. The highest BCUT2D eigenvalue weighted by molar-refractivity contribution is 5.54. The van der Waals surface area contributed by atoms with Crippen LogP contribution in [0.15, 0.2) is 12.1 Å². The summed E-state index contributed by atoms with van der Waals surface area (Å²) in [4.78, 5) is 0. The molecular weight excluding hydrogens is 208 g/mol. The molecule has 1 fully saturated rings. The molecule has 17 heavy (non-hydrogen) atoms. The van der Waals surface area contributed by atoms with Crippen LogP contribution in [-0.2, 0) is 0 Å². The zero-order valence-corrected chi connectivity index (χ0v) is 11.3. The van der Waals surface area contributed by atoms with Crippen molar-refractivity contribution in [1.29, 1.82) is 0 Å². The molecule has 0 radical (unpaired) electrons. The summed E-state index contributed by atoms with van der Waals surface area (Å²) in [6, 6.07) is 5.27. The molecule has 1 unspecified atom stereocenters. The Balaban J connectivity index is 1.87. The smallest absolute Gasteiger partial charge is 0.0372 e. The van der Waals surface area contributed by atoms with Crippen molar-refractivity contribution in [3.63, 3.8) is 0 Å². The lowest BCUT2D eigenvalue weighted by molar-refractivity contribution is 0.574. The van der Waals surface area contributed by atoms with E-state index in [0.717, 1.165) is 12.6 Å². The van der Waals surface area contributed by atoms with Crippen LogP contribution >= 0.6 is 0 Å². The van der Waals surface area contributed by atoms with E-state index in [4.69, 9.17) is 0 Å². The fourth-order valence-corrected chi connectivity index (χ4v) is 2.54. The summed E-state index contributed by atoms with van der Waals surface area (Å²) < 4.78 is 0. The van der Waals surface area contributed by atoms with Crippen molar-refractivity contribution >= 4 is 5.69 Å². The Morgan fingerprint density at radius 2 is 1.94 bits per heavy atom. The summed E-state index contributed by atoms with van der Waals surface area (Å²) in [6.07, 6.45) is 3.91. The van der Waals surface area contributed by atoms with Crippen molar-refractivity contribution in [3.8, 4) is 0 Å². The second kappa shape index (κ2) is 5.54. The van der Waals surface area contributed by atoms with E-state index in [1.165, 1.54) is 48.2 Å². The topological polar surface area (TPSA) is 24.1 Å². The third-order valence-electron chi connectivity index (χ3n) is 3.81. The second-order valence-corrected chi connectivity index (χ2v) is 5.26. The van der Waals surface area contributed by atoms with Crippen molar-refractivity contribution in [2.45, 2.75) is 46.1 Å². The Morgan fingerprint density at radius 1 is 1.18 bits per heavy atom. The average Bonchev–Trinajstić information content (AvgIpc) is 2.78. The van der Waals surface area contributed by atoms with Gasteiger partial charge in [-0.05, 0) is 69.3 Å². The first-order chi connectivity index (χ1) is 8.16. The molecule has 1 atom stereocenters. The molecule has 2 rings (SSSR count). The third-order valence-corrected chi connectivity index (χ3v) is 3.81. The number of benzene rings is 1. The molecule has 1 heterocycles. The summed E-state index contributed by atoms with van der Waals surface area (Å²) in [5, 5.41) is 7.11. The second-order valence-electron chi connectivity index (χ2n) is 5.26. The summed E-state index contributed by atoms with van der Waals surface area (Å²) >= 11 is 0. The van der Waals surface area contributed by atoms with Crippen LogP contribution in [0.25, 0.3) is 0 Å². The summed E-state index contributed by atoms with van der Waals surface area (Å²) in [7, 11) is 0. The number of rotatable bonds is 4. The third kappa shape index (κ3) is 3.22. The predicted octanol–water partition coefficient (Wildman–Crippen LogP) is 3.17. The van der Waals surface area contributed by atoms with Gasteiger partial charge in [0.25, 0.3) is 0 Å². The van der Waals surface area contributed by atoms with Gasteiger partial charge in [0.2, 0.25) is 0 Å². The van der Waals surface area contributed by atoms with Crippen LogP contribution in [0.5, 0.6) is 0 Å². The minimum atomic E-state index is 0.731. The Kier molecular flexibility index (Phi) is 4.06. The number of hydrogen-bond acceptors (Lipinski definition) is 2. The first-order valence-corrected chi connectivity index (χ1v) is 6.72. The lowest BCUT2D eigenvalue weighted by Crippen LogP contribution is -2.24. The van der Waals surface area contributed by atoms with Crippen LogP contribution in [0.2, 0.25) is 0 Å². The minimum Gasteiger partial charge on any atom is -0.385 e. The molecule has 0 aliphatic carbocycles. The highest BCUT2D eigenvalue weighted by atomic mass is 14.9. The molecule has 0 amide bonds. The quantitative estimate of drug-likeness (QED) is 0.833. The zero-order valence-electron chi connectivity index (χ0n) is 11.3. The normalized spacial score (nSPS) is 19.6. The van der Waals surface area contributed by atoms with Crippen molar-refractivity contribution < 1.29 is 0 Å². The van der Waals surface area contributed by atoms with Gasteiger partial charge in [-0.3, -0.25) is 0 Å². The molecule has 0 bridgehead atoms. The molecule has 1 saturated heterocycles. The molecule has 0 spiro atoms. The molecule has 0 saturated carbocycles. The predicted molar refractivity (Wildman–Crippen MR) is 74.8 cm³/mol. The highest BCUT2D eigenvalue weighted by Gasteiger charge is 2.13. The fourth-order valence-electron chi connectivity index (χ4n) is 2.54. The molecule has 0 aromatic heterocycles. The fraction of sp³-hybridized carbons (Fsp3) is 0.600. The molecule has 94 valence electrons. The molecule has 2 nitrogen and oxygen atoms in total. The van der Waals surface area contributed by atoms with Crippen LogP contribution < -0.4 is 10.6 Å². The molecule has 1 aliphatic rings. The van der Waals surface area contributed by atoms with Crippen molar-refractivity contribution in [2.24, 2.45) is 0 Å². The van der Waals surface area contributed by atoms with Crippen LogP contribution in [-0.4, -0.2) is 19.1 Å². The van der Waals surface area contributed by atoms with Crippen LogP contribution in [0.3, 0.4) is 0 Å². The molecule has 2 heteroatoms. The van der Waals surface area contributed by atoms with E-state index in [0.29, 0.717) is 0 Å². The number of aryl methyl sites for hydroxylation is 3. The SMILES string of the molecule is Cc1cc(C)c(NCCC2CCCN2)cc1C. The average molecular weight is 232 g/mol. The number of hydrogen-bond donors (Lipinski definition) is 2. The molecule has 1 aromatic carbocycles. The highest BCUT2D eigenvalue weighted by Crippen LogP contribution is 2.20. The van der Waals surface area contributed by atoms with Crippen molar-refractivity contribution in [3.05, 3.63) is 28.8 Å². The van der Waals surface area contributed by atoms with E-state index in [9.17, 15) is 0 Å². The van der Waals surface area contributed by atoms with Gasteiger partial charge < -0.3 is 10.6 Å². The Hall–Kier alpha value is -1.02. The zero-order chi connectivity index (χ0) is 12.3. The number of anilines is 1. The molecule has 2 N–H and O–H groups in total. The van der Waals surface area contributed by atoms with Gasteiger partial charge in [0, 0.05) is 18.3 Å². The van der Waals surface area contributed by atoms with E-state index in [1.807, 2.05) is 0 Å². The molecule has 1 aromatic rings. The van der Waals surface area contributed by atoms with Gasteiger partial charge in [-0.15, -0.1) is 0 Å². The summed E-state index contributed by atoms with van der Waals surface area (Å²) in [6.45, 7) is 8.81. The monoisotopic (exact) mass is 232 g/mol. The van der Waals surface area contributed by atoms with E-state index in [2.05, 4.69) is 43.5 Å². The number of nitrogens with one attached hydrogen (secondary N) is 2. The van der Waals surface area contributed by atoms with Gasteiger partial charge in [0.1, 0.15) is 0 Å². The van der Waals surface area contributed by atoms with Gasteiger partial charge in [0.05, 0.1) is 0 Å². The van der Waals surface area contributed by atoms with Crippen molar-refractivity contribution in [2.75, 3.05) is 18.4 Å². The Morgan fingerprint density at radius 3 is 2.65 bits per heavy atom. The molecule has 1 aliphatic heterocycles.